The van der Waals surface area contributed by atoms with E-state index >= 15 is 0 Å². The Balaban J connectivity index is 6.02. The summed E-state index contributed by atoms with van der Waals surface area (Å²) in [6, 6.07) is -2.13. The lowest BCUT2D eigenvalue weighted by molar-refractivity contribution is -0.264. The van der Waals surface area contributed by atoms with Gasteiger partial charge in [-0.2, -0.15) is 0 Å². The predicted molar refractivity (Wildman–Crippen MR) is 293 cm³/mol. The monoisotopic (exact) mass is 1250 g/mol. The average Bonchev–Trinajstić information content (AvgIpc) is 3.60. The van der Waals surface area contributed by atoms with E-state index < -0.39 is 208 Å². The molecule has 0 aliphatic carbocycles. The molecule has 0 heterocycles. The lowest BCUT2D eigenvalue weighted by Gasteiger charge is -2.29. The van der Waals surface area contributed by atoms with Gasteiger partial charge >= 0.3 is 17.9 Å². The number of methoxy groups -OCH3 is 1. The number of carbonyl (C=O) groups is 9. The fourth-order valence-electron chi connectivity index (χ4n) is 6.60. The average molecular weight is 1250 g/mol. The van der Waals surface area contributed by atoms with Gasteiger partial charge in [-0.25, -0.2) is 0 Å². The predicted octanol–water partition coefficient (Wildman–Crippen LogP) is -2.97. The highest BCUT2D eigenvalue weighted by atomic mass is 16.8. The summed E-state index contributed by atoms with van der Waals surface area (Å²) in [5, 5.41) is 78.1. The van der Waals surface area contributed by atoms with Gasteiger partial charge in [-0.15, -0.1) is 0 Å². The summed E-state index contributed by atoms with van der Waals surface area (Å²) in [5.41, 5.74) is 0. The first kappa shape index (κ1) is 81.2. The second kappa shape index (κ2) is 49.1. The van der Waals surface area contributed by atoms with Crippen molar-refractivity contribution in [1.29, 1.82) is 0 Å². The molecule has 0 aromatic carbocycles. The van der Waals surface area contributed by atoms with E-state index in [0.717, 1.165) is 0 Å². The number of amides is 3. The van der Waals surface area contributed by atoms with Crippen LogP contribution in [-0.4, -0.2) is 268 Å². The number of aliphatic hydroxyl groups excluding tert-OH is 7. The molecule has 86 heavy (non-hydrogen) atoms. The molecule has 0 aliphatic rings. The minimum atomic E-state index is -1.57. The highest BCUT2D eigenvalue weighted by Crippen LogP contribution is 2.14. The van der Waals surface area contributed by atoms with Crippen LogP contribution in [0.3, 0.4) is 0 Å². The van der Waals surface area contributed by atoms with Crippen LogP contribution in [0.1, 0.15) is 113 Å². The molecule has 10 N–H and O–H groups in total. The van der Waals surface area contributed by atoms with Gasteiger partial charge < -0.3 is 113 Å². The third kappa shape index (κ3) is 39.8. The topological polar surface area (TPSA) is 451 Å². The second-order valence-corrected chi connectivity index (χ2v) is 19.5. The molecular weight excluding hydrogens is 1150 g/mol. The number of hydrogen-bond acceptors (Lipinski definition) is 29. The normalized spacial score (nSPS) is 16.1. The first-order chi connectivity index (χ1) is 40.9. The fraction of sp³-hybridized carbons (Fsp3) is 0.833. The van der Waals surface area contributed by atoms with Crippen LogP contribution in [0.15, 0.2) is 0 Å². The van der Waals surface area contributed by atoms with Gasteiger partial charge in [0.05, 0.1) is 96.9 Å². The minimum absolute atomic E-state index is 0.0254. The zero-order chi connectivity index (χ0) is 65.0. The summed E-state index contributed by atoms with van der Waals surface area (Å²) in [5.74, 6) is -4.37. The SMILES string of the molecule is CCC(CO)OC(CO)OCC(COC(=O)CCCC(=O)NC(C)C(C)=O)OC(CO)OCC(CO)OC(CO)OCC(COC(=O)CCCC(=O)NC(C)C(C)=O)OC(CO)OCC(CO)OC(COC(=O)CCCC(=O)NC(C)C(C)=O)OC. The minimum Gasteiger partial charge on any atom is -0.463 e. The number of aliphatic hydroxyl groups is 7. The molecule has 13 atom stereocenters. The first-order valence-electron chi connectivity index (χ1n) is 28.3. The molecule has 0 fully saturated rings. The van der Waals surface area contributed by atoms with Crippen molar-refractivity contribution in [1.82, 2.24) is 16.0 Å². The number of rotatable bonds is 55. The maximum absolute atomic E-state index is 12.8. The van der Waals surface area contributed by atoms with Crippen LogP contribution in [-0.2, 0) is 105 Å². The Morgan fingerprint density at radius 1 is 0.349 bits per heavy atom. The van der Waals surface area contributed by atoms with E-state index in [9.17, 15) is 78.9 Å². The van der Waals surface area contributed by atoms with Crippen molar-refractivity contribution in [2.45, 2.75) is 193 Å². The third-order valence-corrected chi connectivity index (χ3v) is 12.1. The molecule has 32 heteroatoms. The zero-order valence-electron chi connectivity index (χ0n) is 50.6. The summed E-state index contributed by atoms with van der Waals surface area (Å²) in [6.45, 7) is 1.58. The number of carbonyl (C=O) groups excluding carboxylic acids is 9. The van der Waals surface area contributed by atoms with Crippen LogP contribution in [0.2, 0.25) is 0 Å². The van der Waals surface area contributed by atoms with Gasteiger partial charge in [0.15, 0.2) is 48.8 Å². The van der Waals surface area contributed by atoms with E-state index in [0.29, 0.717) is 6.42 Å². The van der Waals surface area contributed by atoms with Crippen molar-refractivity contribution in [3.8, 4) is 0 Å². The Hall–Kier alpha value is -4.85. The van der Waals surface area contributed by atoms with Crippen molar-refractivity contribution >= 4 is 53.0 Å². The van der Waals surface area contributed by atoms with Crippen molar-refractivity contribution in [2.75, 3.05) is 99.6 Å². The van der Waals surface area contributed by atoms with Gasteiger partial charge in [-0.05, 0) is 67.2 Å². The summed E-state index contributed by atoms with van der Waals surface area (Å²) < 4.78 is 72.4. The smallest absolute Gasteiger partial charge is 0.305 e. The van der Waals surface area contributed by atoms with E-state index in [1.807, 2.05) is 0 Å². The maximum Gasteiger partial charge on any atom is 0.305 e. The molecule has 32 nitrogen and oxygen atoms in total. The fourth-order valence-corrected chi connectivity index (χ4v) is 6.60. The summed E-state index contributed by atoms with van der Waals surface area (Å²) >= 11 is 0. The molecular formula is C54H95N3O29. The standard InChI is InChI=1S/C54H95N3O29/c1-9-39(19-58)82-50(22-61)80-30-42(28-75-47(71)16-10-13-44(68)55-33(2)36(5)65)85-52(24-63)78-26-40(20-59)83-51(23-62)81-31-43(29-76-48(72)17-11-14-45(69)56-34(3)37(6)66)86-53(25-64)79-27-41(21-60)84-54(74-8)32-77-49(73)18-12-15-46(70)57-35(4)38(7)67/h33-35,39-43,50-54,58-64H,9-32H2,1-8H3,(H,55,68)(H,56,69)(H,57,70). The Bertz CT molecular complexity index is 1930. The number of esters is 3. The summed E-state index contributed by atoms with van der Waals surface area (Å²) in [7, 11) is 1.23. The van der Waals surface area contributed by atoms with E-state index in [4.69, 9.17) is 61.6 Å². The number of ether oxygens (including phenoxy) is 13. The molecule has 13 unspecified atom stereocenters. The number of nitrogens with one attached hydrogen (secondary N) is 3. The molecule has 0 rings (SSSR count). The van der Waals surface area contributed by atoms with Crippen LogP contribution in [0.5, 0.6) is 0 Å². The molecule has 0 aliphatic heterocycles. The Kier molecular flexibility index (Phi) is 46.3. The van der Waals surface area contributed by atoms with Gasteiger partial charge in [0, 0.05) is 45.6 Å². The van der Waals surface area contributed by atoms with Crippen molar-refractivity contribution < 1.29 is 140 Å². The van der Waals surface area contributed by atoms with Crippen molar-refractivity contribution in [3.05, 3.63) is 0 Å². The highest BCUT2D eigenvalue weighted by Gasteiger charge is 2.28. The van der Waals surface area contributed by atoms with Gasteiger partial charge in [-0.3, -0.25) is 43.2 Å². The Morgan fingerprint density at radius 3 is 0.884 bits per heavy atom. The van der Waals surface area contributed by atoms with Crippen LogP contribution >= 0.6 is 0 Å². The van der Waals surface area contributed by atoms with E-state index in [1.165, 1.54) is 48.7 Å². The lowest BCUT2D eigenvalue weighted by Crippen LogP contribution is -2.41. The molecule has 0 saturated carbocycles. The Morgan fingerprint density at radius 2 is 0.616 bits per heavy atom. The molecule has 0 spiro atoms. The van der Waals surface area contributed by atoms with Gasteiger partial charge in [0.25, 0.3) is 0 Å². The second-order valence-electron chi connectivity index (χ2n) is 19.5. The van der Waals surface area contributed by atoms with Gasteiger partial charge in [0.1, 0.15) is 44.2 Å². The molecule has 500 valence electrons. The van der Waals surface area contributed by atoms with E-state index in [2.05, 4.69) is 16.0 Å². The van der Waals surface area contributed by atoms with Crippen LogP contribution < -0.4 is 16.0 Å². The summed E-state index contributed by atoms with van der Waals surface area (Å²) in [6.07, 6.45) is -13.2. The largest absolute Gasteiger partial charge is 0.463 e. The van der Waals surface area contributed by atoms with E-state index in [1.54, 1.807) is 6.92 Å². The number of hydrogen-bond donors (Lipinski definition) is 10. The summed E-state index contributed by atoms with van der Waals surface area (Å²) in [4.78, 5) is 109. The first-order valence-corrected chi connectivity index (χ1v) is 28.3. The van der Waals surface area contributed by atoms with Crippen molar-refractivity contribution in [3.63, 3.8) is 0 Å². The van der Waals surface area contributed by atoms with E-state index in [-0.39, 0.29) is 75.1 Å². The number of ketones is 3. The van der Waals surface area contributed by atoms with Crippen LogP contribution in [0, 0.1) is 0 Å². The quantitative estimate of drug-likeness (QED) is 0.0165. The van der Waals surface area contributed by atoms with Gasteiger partial charge in [0.2, 0.25) is 17.7 Å². The molecule has 0 aromatic heterocycles. The third-order valence-electron chi connectivity index (χ3n) is 12.1. The zero-order valence-corrected chi connectivity index (χ0v) is 50.6. The molecule has 0 bridgehead atoms. The number of Topliss-reactive ketones (excluding diaryl/α,β-unsaturated/α-hetero) is 3. The van der Waals surface area contributed by atoms with Crippen LogP contribution in [0.25, 0.3) is 0 Å². The van der Waals surface area contributed by atoms with Gasteiger partial charge in [-0.1, -0.05) is 6.92 Å². The lowest BCUT2D eigenvalue weighted by atomic mass is 10.2. The Labute approximate surface area is 500 Å². The maximum atomic E-state index is 12.8. The molecule has 0 saturated heterocycles. The molecule has 0 aromatic rings. The highest BCUT2D eigenvalue weighted by molar-refractivity contribution is 5.88. The van der Waals surface area contributed by atoms with Crippen LogP contribution in [0.4, 0.5) is 0 Å². The molecule has 3 amide bonds. The molecule has 0 radical (unpaired) electrons. The van der Waals surface area contributed by atoms with Crippen molar-refractivity contribution in [2.24, 2.45) is 0 Å².